The first kappa shape index (κ1) is 26.5. The Hall–Kier alpha value is -2.57. The second-order valence-corrected chi connectivity index (χ2v) is 11.3. The highest BCUT2D eigenvalue weighted by Gasteiger charge is 2.32. The van der Waals surface area contributed by atoms with E-state index in [1.807, 2.05) is 84.9 Å². The number of carbonyl (C=O) groups excluding carboxylic acids is 2. The SMILES string of the molecule is O=C(NC1CCCCC1)[C@H](Cc1ccccc1)N(Cc1cccc(Br)c1)C(=O)CSc1ccccc1. The molecule has 1 aliphatic carbocycles. The molecule has 0 heterocycles. The summed E-state index contributed by atoms with van der Waals surface area (Å²) in [5.74, 6) is 0.183. The Morgan fingerprint density at radius 3 is 2.25 bits per heavy atom. The van der Waals surface area contributed by atoms with Gasteiger partial charge in [0.05, 0.1) is 5.75 Å². The van der Waals surface area contributed by atoms with Crippen LogP contribution >= 0.6 is 27.7 Å². The van der Waals surface area contributed by atoms with E-state index in [0.717, 1.165) is 46.2 Å². The van der Waals surface area contributed by atoms with E-state index in [1.54, 1.807) is 4.90 Å². The van der Waals surface area contributed by atoms with Gasteiger partial charge >= 0.3 is 0 Å². The van der Waals surface area contributed by atoms with Gasteiger partial charge in [-0.15, -0.1) is 11.8 Å². The highest BCUT2D eigenvalue weighted by Crippen LogP contribution is 2.23. The van der Waals surface area contributed by atoms with Crippen LogP contribution in [-0.4, -0.2) is 34.6 Å². The molecule has 1 atom stereocenters. The van der Waals surface area contributed by atoms with Crippen molar-refractivity contribution in [3.8, 4) is 0 Å². The number of hydrogen-bond donors (Lipinski definition) is 1. The summed E-state index contributed by atoms with van der Waals surface area (Å²) in [7, 11) is 0. The average Bonchev–Trinajstić information content (AvgIpc) is 2.91. The molecule has 0 bridgehead atoms. The minimum Gasteiger partial charge on any atom is -0.352 e. The topological polar surface area (TPSA) is 49.4 Å². The van der Waals surface area contributed by atoms with Crippen molar-refractivity contribution in [2.75, 3.05) is 5.75 Å². The molecule has 0 radical (unpaired) electrons. The maximum Gasteiger partial charge on any atom is 0.243 e. The van der Waals surface area contributed by atoms with Gasteiger partial charge in [-0.3, -0.25) is 9.59 Å². The number of carbonyl (C=O) groups is 2. The van der Waals surface area contributed by atoms with Gasteiger partial charge in [-0.2, -0.15) is 0 Å². The van der Waals surface area contributed by atoms with E-state index in [2.05, 4.69) is 21.2 Å². The lowest BCUT2D eigenvalue weighted by molar-refractivity contribution is -0.139. The van der Waals surface area contributed by atoms with Crippen molar-refractivity contribution in [3.05, 3.63) is 101 Å². The fourth-order valence-electron chi connectivity index (χ4n) is 4.67. The van der Waals surface area contributed by atoms with Crippen LogP contribution in [0.4, 0.5) is 0 Å². The minimum absolute atomic E-state index is 0.0384. The molecule has 4 nitrogen and oxygen atoms in total. The van der Waals surface area contributed by atoms with E-state index in [4.69, 9.17) is 0 Å². The van der Waals surface area contributed by atoms with Crippen molar-refractivity contribution in [2.24, 2.45) is 0 Å². The third kappa shape index (κ3) is 7.97. The minimum atomic E-state index is -0.586. The first-order valence-corrected chi connectivity index (χ1v) is 14.4. The molecule has 0 spiro atoms. The Labute approximate surface area is 227 Å². The summed E-state index contributed by atoms with van der Waals surface area (Å²) in [5.41, 5.74) is 2.04. The lowest BCUT2D eigenvalue weighted by Gasteiger charge is -2.33. The molecule has 1 saturated carbocycles. The number of halogens is 1. The zero-order chi connectivity index (χ0) is 25.2. The van der Waals surface area contributed by atoms with E-state index in [9.17, 15) is 9.59 Å². The Morgan fingerprint density at radius 1 is 0.889 bits per heavy atom. The molecule has 0 aliphatic heterocycles. The van der Waals surface area contributed by atoms with Crippen LogP contribution in [0.5, 0.6) is 0 Å². The highest BCUT2D eigenvalue weighted by atomic mass is 79.9. The van der Waals surface area contributed by atoms with Gasteiger partial charge in [0.2, 0.25) is 11.8 Å². The Balaban J connectivity index is 1.60. The zero-order valence-electron chi connectivity index (χ0n) is 20.4. The molecule has 0 saturated heterocycles. The van der Waals surface area contributed by atoms with Crippen molar-refractivity contribution in [3.63, 3.8) is 0 Å². The summed E-state index contributed by atoms with van der Waals surface area (Å²) < 4.78 is 0.956. The van der Waals surface area contributed by atoms with Crippen LogP contribution in [0.3, 0.4) is 0 Å². The molecular formula is C30H33BrN2O2S. The molecule has 36 heavy (non-hydrogen) atoms. The van der Waals surface area contributed by atoms with Crippen LogP contribution in [0.15, 0.2) is 94.3 Å². The quantitative estimate of drug-likeness (QED) is 0.281. The van der Waals surface area contributed by atoms with E-state index in [0.29, 0.717) is 13.0 Å². The summed E-state index contributed by atoms with van der Waals surface area (Å²) in [6.07, 6.45) is 6.00. The van der Waals surface area contributed by atoms with Gasteiger partial charge in [-0.25, -0.2) is 0 Å². The number of nitrogens with one attached hydrogen (secondary N) is 1. The van der Waals surface area contributed by atoms with Crippen LogP contribution in [-0.2, 0) is 22.6 Å². The molecule has 4 rings (SSSR count). The van der Waals surface area contributed by atoms with Gasteiger partial charge in [0.15, 0.2) is 0 Å². The van der Waals surface area contributed by atoms with Crippen molar-refractivity contribution < 1.29 is 9.59 Å². The second-order valence-electron chi connectivity index (χ2n) is 9.30. The molecule has 2 amide bonds. The summed E-state index contributed by atoms with van der Waals surface area (Å²) in [5, 5.41) is 3.30. The van der Waals surface area contributed by atoms with Gasteiger partial charge in [0, 0.05) is 28.4 Å². The van der Waals surface area contributed by atoms with Crippen LogP contribution in [0.2, 0.25) is 0 Å². The molecule has 6 heteroatoms. The molecule has 1 aliphatic rings. The number of benzene rings is 3. The van der Waals surface area contributed by atoms with Gasteiger partial charge in [-0.05, 0) is 48.2 Å². The van der Waals surface area contributed by atoms with E-state index in [-0.39, 0.29) is 23.6 Å². The van der Waals surface area contributed by atoms with Gasteiger partial charge in [0.1, 0.15) is 6.04 Å². The molecule has 0 unspecified atom stereocenters. The Morgan fingerprint density at radius 2 is 1.56 bits per heavy atom. The van der Waals surface area contributed by atoms with Crippen LogP contribution in [0.1, 0.15) is 43.2 Å². The van der Waals surface area contributed by atoms with Gasteiger partial charge < -0.3 is 10.2 Å². The standard InChI is InChI=1S/C30H33BrN2O2S/c31-25-14-10-13-24(19-25)21-33(29(34)22-36-27-17-8-3-9-18-27)28(20-23-11-4-1-5-12-23)30(35)32-26-15-6-2-7-16-26/h1,3-5,8-14,17-19,26,28H,2,6-7,15-16,20-22H2,(H,32,35)/t28-/m0/s1. The number of rotatable bonds is 10. The first-order valence-electron chi connectivity index (χ1n) is 12.6. The maximum atomic E-state index is 13.8. The highest BCUT2D eigenvalue weighted by molar-refractivity contribution is 9.10. The largest absolute Gasteiger partial charge is 0.352 e. The lowest BCUT2D eigenvalue weighted by Crippen LogP contribution is -2.53. The molecule has 3 aromatic rings. The lowest BCUT2D eigenvalue weighted by atomic mass is 9.94. The maximum absolute atomic E-state index is 13.8. The predicted molar refractivity (Wildman–Crippen MR) is 151 cm³/mol. The molecular weight excluding hydrogens is 532 g/mol. The van der Waals surface area contributed by atoms with E-state index in [1.165, 1.54) is 18.2 Å². The van der Waals surface area contributed by atoms with Crippen molar-refractivity contribution in [2.45, 2.75) is 62.0 Å². The molecule has 3 aromatic carbocycles. The smallest absolute Gasteiger partial charge is 0.243 e. The Kier molecular flexibility index (Phi) is 10.1. The number of nitrogens with zero attached hydrogens (tertiary/aromatic N) is 1. The van der Waals surface area contributed by atoms with Gasteiger partial charge in [0.25, 0.3) is 0 Å². The summed E-state index contributed by atoms with van der Waals surface area (Å²) in [6.45, 7) is 0.378. The Bertz CT molecular complexity index is 1120. The monoisotopic (exact) mass is 564 g/mol. The third-order valence-electron chi connectivity index (χ3n) is 6.57. The third-order valence-corrected chi connectivity index (χ3v) is 8.06. The van der Waals surface area contributed by atoms with E-state index >= 15 is 0 Å². The number of thioether (sulfide) groups is 1. The van der Waals surface area contributed by atoms with Crippen LogP contribution in [0, 0.1) is 0 Å². The van der Waals surface area contributed by atoms with Crippen molar-refractivity contribution in [1.82, 2.24) is 10.2 Å². The van der Waals surface area contributed by atoms with Crippen molar-refractivity contribution in [1.29, 1.82) is 0 Å². The van der Waals surface area contributed by atoms with Crippen LogP contribution < -0.4 is 5.32 Å². The fraction of sp³-hybridized carbons (Fsp3) is 0.333. The number of hydrogen-bond acceptors (Lipinski definition) is 3. The average molecular weight is 566 g/mol. The molecule has 188 valence electrons. The summed E-state index contributed by atoms with van der Waals surface area (Å²) in [4.78, 5) is 30.3. The normalized spacial score (nSPS) is 14.7. The summed E-state index contributed by atoms with van der Waals surface area (Å²) >= 11 is 5.06. The predicted octanol–water partition coefficient (Wildman–Crippen LogP) is 6.63. The van der Waals surface area contributed by atoms with E-state index < -0.39 is 6.04 Å². The second kappa shape index (κ2) is 13.7. The number of amides is 2. The van der Waals surface area contributed by atoms with Crippen LogP contribution in [0.25, 0.3) is 0 Å². The molecule has 0 aromatic heterocycles. The van der Waals surface area contributed by atoms with Crippen molar-refractivity contribution >= 4 is 39.5 Å². The zero-order valence-corrected chi connectivity index (χ0v) is 22.8. The summed E-state index contributed by atoms with van der Waals surface area (Å²) in [6, 6.07) is 27.5. The molecule has 1 N–H and O–H groups in total. The van der Waals surface area contributed by atoms with Gasteiger partial charge in [-0.1, -0.05) is 95.9 Å². The molecule has 1 fully saturated rings. The fourth-order valence-corrected chi connectivity index (χ4v) is 5.93. The first-order chi connectivity index (χ1) is 17.6.